The second-order valence-corrected chi connectivity index (χ2v) is 7.54. The van der Waals surface area contributed by atoms with Crippen molar-refractivity contribution in [2.75, 3.05) is 19.0 Å². The molecule has 1 aliphatic carbocycles. The van der Waals surface area contributed by atoms with Crippen molar-refractivity contribution in [3.8, 4) is 0 Å². The fourth-order valence-corrected chi connectivity index (χ4v) is 4.13. The molecule has 0 fully saturated rings. The lowest BCUT2D eigenvalue weighted by Crippen LogP contribution is -2.09. The van der Waals surface area contributed by atoms with Crippen molar-refractivity contribution in [2.24, 2.45) is 0 Å². The molecule has 6 nitrogen and oxygen atoms in total. The predicted octanol–water partition coefficient (Wildman–Crippen LogP) is 1.92. The largest absolute Gasteiger partial charge is 0.361 e. The molecule has 2 aromatic rings. The van der Waals surface area contributed by atoms with Crippen LogP contribution in [0.5, 0.6) is 0 Å². The lowest BCUT2D eigenvalue weighted by atomic mass is 9.97. The first-order valence-electron chi connectivity index (χ1n) is 6.94. The van der Waals surface area contributed by atoms with Crippen molar-refractivity contribution in [2.45, 2.75) is 37.2 Å². The molecule has 0 bridgehead atoms. The third-order valence-electron chi connectivity index (χ3n) is 3.46. The quantitative estimate of drug-likeness (QED) is 0.836. The molecule has 3 rings (SSSR count). The van der Waals surface area contributed by atoms with Crippen LogP contribution in [0.1, 0.15) is 35.7 Å². The second-order valence-electron chi connectivity index (χ2n) is 5.35. The molecule has 2 heterocycles. The minimum absolute atomic E-state index is 0.367. The summed E-state index contributed by atoms with van der Waals surface area (Å²) < 4.78 is 21.9. The number of aromatic nitrogens is 3. The Morgan fingerprint density at radius 2 is 2.10 bits per heavy atom. The SMILES string of the molecule is CN(C)c1nc(CS(=O)Cc2noc3c2CCCC3)ns1. The van der Waals surface area contributed by atoms with Crippen molar-refractivity contribution in [1.29, 1.82) is 0 Å². The lowest BCUT2D eigenvalue weighted by molar-refractivity contribution is 0.369. The molecule has 0 spiro atoms. The summed E-state index contributed by atoms with van der Waals surface area (Å²) in [5.41, 5.74) is 2.03. The molecule has 1 unspecified atom stereocenters. The van der Waals surface area contributed by atoms with E-state index in [2.05, 4.69) is 14.5 Å². The first kappa shape index (κ1) is 14.6. The number of aryl methyl sites for hydroxylation is 1. The monoisotopic (exact) mass is 326 g/mol. The van der Waals surface area contributed by atoms with Gasteiger partial charge in [0.15, 0.2) is 5.82 Å². The molecule has 1 atom stereocenters. The number of fused-ring (bicyclic) bond motifs is 1. The Bertz CT molecular complexity index is 650. The molecule has 0 saturated heterocycles. The maximum absolute atomic E-state index is 12.3. The molecule has 0 amide bonds. The van der Waals surface area contributed by atoms with E-state index in [0.29, 0.717) is 17.3 Å². The van der Waals surface area contributed by atoms with Crippen LogP contribution in [0.2, 0.25) is 0 Å². The molecular weight excluding hydrogens is 308 g/mol. The van der Waals surface area contributed by atoms with E-state index in [1.54, 1.807) is 0 Å². The first-order chi connectivity index (χ1) is 10.1. The van der Waals surface area contributed by atoms with Gasteiger partial charge in [0, 0.05) is 48.4 Å². The van der Waals surface area contributed by atoms with Crippen molar-refractivity contribution < 1.29 is 8.73 Å². The van der Waals surface area contributed by atoms with Crippen LogP contribution in [-0.4, -0.2) is 32.8 Å². The molecule has 114 valence electrons. The van der Waals surface area contributed by atoms with E-state index in [1.165, 1.54) is 17.1 Å². The van der Waals surface area contributed by atoms with Gasteiger partial charge in [0.1, 0.15) is 5.76 Å². The third-order valence-corrected chi connectivity index (χ3v) is 5.56. The average Bonchev–Trinajstić information content (AvgIpc) is 3.07. The minimum atomic E-state index is -1.06. The number of rotatable bonds is 5. The molecule has 0 aliphatic heterocycles. The van der Waals surface area contributed by atoms with Crippen LogP contribution < -0.4 is 4.90 Å². The molecule has 0 aromatic carbocycles. The second kappa shape index (κ2) is 6.23. The highest BCUT2D eigenvalue weighted by molar-refractivity contribution is 7.83. The van der Waals surface area contributed by atoms with Gasteiger partial charge < -0.3 is 9.42 Å². The van der Waals surface area contributed by atoms with E-state index in [-0.39, 0.29) is 0 Å². The molecule has 2 aromatic heterocycles. The zero-order valence-corrected chi connectivity index (χ0v) is 13.8. The number of hydrogen-bond donors (Lipinski definition) is 0. The number of hydrogen-bond acceptors (Lipinski definition) is 7. The zero-order chi connectivity index (χ0) is 14.8. The molecule has 8 heteroatoms. The maximum atomic E-state index is 12.3. The Labute approximate surface area is 130 Å². The van der Waals surface area contributed by atoms with Gasteiger partial charge in [0.2, 0.25) is 5.13 Å². The normalized spacial score (nSPS) is 15.7. The average molecular weight is 326 g/mol. The van der Waals surface area contributed by atoms with Crippen LogP contribution in [0.4, 0.5) is 5.13 Å². The predicted molar refractivity (Wildman–Crippen MR) is 82.9 cm³/mol. The Morgan fingerprint density at radius 3 is 2.86 bits per heavy atom. The van der Waals surface area contributed by atoms with Gasteiger partial charge in [-0.2, -0.15) is 4.37 Å². The van der Waals surface area contributed by atoms with Crippen LogP contribution in [-0.2, 0) is 35.1 Å². The smallest absolute Gasteiger partial charge is 0.204 e. The van der Waals surface area contributed by atoms with E-state index in [0.717, 1.165) is 42.3 Å². The zero-order valence-electron chi connectivity index (χ0n) is 12.2. The molecule has 21 heavy (non-hydrogen) atoms. The molecule has 0 N–H and O–H groups in total. The minimum Gasteiger partial charge on any atom is -0.361 e. The highest BCUT2D eigenvalue weighted by atomic mass is 32.2. The summed E-state index contributed by atoms with van der Waals surface area (Å²) in [4.78, 5) is 6.26. The molecule has 0 saturated carbocycles. The van der Waals surface area contributed by atoms with Crippen LogP contribution in [0.25, 0.3) is 0 Å². The van der Waals surface area contributed by atoms with Crippen molar-refractivity contribution in [3.63, 3.8) is 0 Å². The molecular formula is C13H18N4O2S2. The Kier molecular flexibility index (Phi) is 4.34. The van der Waals surface area contributed by atoms with Crippen molar-refractivity contribution >= 4 is 27.5 Å². The van der Waals surface area contributed by atoms with Gasteiger partial charge in [-0.15, -0.1) is 0 Å². The van der Waals surface area contributed by atoms with Gasteiger partial charge in [0.05, 0.1) is 17.2 Å². The molecule has 1 aliphatic rings. The van der Waals surface area contributed by atoms with Gasteiger partial charge in [-0.05, 0) is 19.3 Å². The summed E-state index contributed by atoms with van der Waals surface area (Å²) in [5, 5.41) is 4.93. The van der Waals surface area contributed by atoms with Crippen molar-refractivity contribution in [3.05, 3.63) is 22.8 Å². The number of nitrogens with zero attached hydrogens (tertiary/aromatic N) is 4. The topological polar surface area (TPSA) is 72.1 Å². The van der Waals surface area contributed by atoms with E-state index in [4.69, 9.17) is 4.52 Å². The lowest BCUT2D eigenvalue weighted by Gasteiger charge is -2.08. The van der Waals surface area contributed by atoms with Gasteiger partial charge >= 0.3 is 0 Å². The van der Waals surface area contributed by atoms with Crippen LogP contribution >= 0.6 is 11.5 Å². The first-order valence-corrected chi connectivity index (χ1v) is 9.21. The van der Waals surface area contributed by atoms with Crippen LogP contribution in [0.3, 0.4) is 0 Å². The molecule has 0 radical (unpaired) electrons. The summed E-state index contributed by atoms with van der Waals surface area (Å²) in [6, 6.07) is 0. The number of anilines is 1. The maximum Gasteiger partial charge on any atom is 0.204 e. The Morgan fingerprint density at radius 1 is 1.29 bits per heavy atom. The fraction of sp³-hybridized carbons (Fsp3) is 0.615. The summed E-state index contributed by atoms with van der Waals surface area (Å²) in [7, 11) is 2.78. The van der Waals surface area contributed by atoms with Crippen LogP contribution in [0, 0.1) is 0 Å². The van der Waals surface area contributed by atoms with Crippen LogP contribution in [0.15, 0.2) is 4.52 Å². The van der Waals surface area contributed by atoms with E-state index in [1.807, 2.05) is 19.0 Å². The Hall–Kier alpha value is -1.28. The Balaban J connectivity index is 1.65. The van der Waals surface area contributed by atoms with E-state index >= 15 is 0 Å². The van der Waals surface area contributed by atoms with E-state index in [9.17, 15) is 4.21 Å². The van der Waals surface area contributed by atoms with Gasteiger partial charge in [0.25, 0.3) is 0 Å². The summed E-state index contributed by atoms with van der Waals surface area (Å²) >= 11 is 1.33. The van der Waals surface area contributed by atoms with Crippen molar-refractivity contribution in [1.82, 2.24) is 14.5 Å². The standard InChI is InChI=1S/C13H18N4O2S2/c1-17(2)13-14-12(16-20-13)8-21(18)7-10-9-5-3-4-6-11(9)19-15-10/h3-8H2,1-2H3. The fourth-order valence-electron chi connectivity index (χ4n) is 2.39. The highest BCUT2D eigenvalue weighted by Gasteiger charge is 2.21. The summed E-state index contributed by atoms with van der Waals surface area (Å²) in [6.07, 6.45) is 4.26. The summed E-state index contributed by atoms with van der Waals surface area (Å²) in [6.45, 7) is 0. The van der Waals surface area contributed by atoms with Gasteiger partial charge in [-0.25, -0.2) is 4.98 Å². The van der Waals surface area contributed by atoms with Gasteiger partial charge in [-0.3, -0.25) is 4.21 Å². The summed E-state index contributed by atoms with van der Waals surface area (Å²) in [5.74, 6) is 2.41. The van der Waals surface area contributed by atoms with Gasteiger partial charge in [-0.1, -0.05) is 5.16 Å². The third kappa shape index (κ3) is 3.32. The highest BCUT2D eigenvalue weighted by Crippen LogP contribution is 2.25. The van der Waals surface area contributed by atoms with E-state index < -0.39 is 10.8 Å².